The normalized spacial score (nSPS) is 13.5. The standard InChI is InChI=1S/C20H20N2O4/c23-18(12-14-4-1-2-7-17(14)20(25)26)21-15-8-10-16(11-9-15)22-19(24)13-5-3-6-13/h1-2,4,7-11,13H,3,5-6,12H2,(H,21,23)(H,22,24)(H,25,26). The van der Waals surface area contributed by atoms with Crippen molar-refractivity contribution in [3.8, 4) is 0 Å². The molecule has 0 heterocycles. The van der Waals surface area contributed by atoms with Crippen molar-refractivity contribution in [2.75, 3.05) is 10.6 Å². The summed E-state index contributed by atoms with van der Waals surface area (Å²) in [6.45, 7) is 0. The Bertz CT molecular complexity index is 826. The Morgan fingerprint density at radius 3 is 2.12 bits per heavy atom. The molecule has 0 aromatic heterocycles. The Labute approximate surface area is 151 Å². The highest BCUT2D eigenvalue weighted by molar-refractivity contribution is 5.96. The molecule has 0 saturated heterocycles. The van der Waals surface area contributed by atoms with Gasteiger partial charge in [-0.1, -0.05) is 24.6 Å². The molecule has 0 bridgehead atoms. The van der Waals surface area contributed by atoms with E-state index in [4.69, 9.17) is 5.11 Å². The second kappa shape index (κ2) is 7.82. The van der Waals surface area contributed by atoms with E-state index in [2.05, 4.69) is 10.6 Å². The maximum atomic E-state index is 12.2. The molecule has 2 aromatic carbocycles. The predicted octanol–water partition coefficient (Wildman–Crippen LogP) is 3.30. The average Bonchev–Trinajstić information content (AvgIpc) is 2.55. The largest absolute Gasteiger partial charge is 0.478 e. The number of rotatable bonds is 6. The number of aromatic carboxylic acids is 1. The summed E-state index contributed by atoms with van der Waals surface area (Å²) in [5, 5.41) is 14.8. The van der Waals surface area contributed by atoms with Crippen molar-refractivity contribution >= 4 is 29.2 Å². The molecule has 6 nitrogen and oxygen atoms in total. The Morgan fingerprint density at radius 2 is 1.54 bits per heavy atom. The van der Waals surface area contributed by atoms with E-state index in [0.717, 1.165) is 19.3 Å². The van der Waals surface area contributed by atoms with Gasteiger partial charge in [-0.15, -0.1) is 0 Å². The Kier molecular flexibility index (Phi) is 5.31. The minimum absolute atomic E-state index is 0.0252. The van der Waals surface area contributed by atoms with Crippen LogP contribution in [0.1, 0.15) is 35.2 Å². The zero-order valence-electron chi connectivity index (χ0n) is 14.2. The molecule has 1 saturated carbocycles. The van der Waals surface area contributed by atoms with Gasteiger partial charge in [0.1, 0.15) is 0 Å². The highest BCUT2D eigenvalue weighted by Gasteiger charge is 2.25. The molecule has 134 valence electrons. The zero-order valence-corrected chi connectivity index (χ0v) is 14.2. The zero-order chi connectivity index (χ0) is 18.5. The van der Waals surface area contributed by atoms with Gasteiger partial charge in [0, 0.05) is 17.3 Å². The van der Waals surface area contributed by atoms with Gasteiger partial charge in [-0.25, -0.2) is 4.79 Å². The van der Waals surface area contributed by atoms with Crippen LogP contribution in [0.3, 0.4) is 0 Å². The first kappa shape index (κ1) is 17.7. The molecule has 1 aliphatic rings. The third-order valence-corrected chi connectivity index (χ3v) is 4.51. The number of benzene rings is 2. The van der Waals surface area contributed by atoms with Crippen molar-refractivity contribution < 1.29 is 19.5 Å². The maximum Gasteiger partial charge on any atom is 0.335 e. The van der Waals surface area contributed by atoms with Gasteiger partial charge in [-0.2, -0.15) is 0 Å². The van der Waals surface area contributed by atoms with E-state index >= 15 is 0 Å². The highest BCUT2D eigenvalue weighted by atomic mass is 16.4. The molecule has 0 aliphatic heterocycles. The van der Waals surface area contributed by atoms with Crippen LogP contribution in [0.2, 0.25) is 0 Å². The molecule has 3 rings (SSSR count). The molecule has 26 heavy (non-hydrogen) atoms. The van der Waals surface area contributed by atoms with Crippen molar-refractivity contribution in [2.45, 2.75) is 25.7 Å². The van der Waals surface area contributed by atoms with E-state index in [1.807, 2.05) is 0 Å². The number of hydrogen-bond acceptors (Lipinski definition) is 3. The lowest BCUT2D eigenvalue weighted by Gasteiger charge is -2.24. The molecule has 0 radical (unpaired) electrons. The summed E-state index contributed by atoms with van der Waals surface area (Å²) in [6.07, 6.45) is 2.96. The summed E-state index contributed by atoms with van der Waals surface area (Å²) in [4.78, 5) is 35.3. The van der Waals surface area contributed by atoms with Crippen molar-refractivity contribution in [1.82, 2.24) is 0 Å². The summed E-state index contributed by atoms with van der Waals surface area (Å²) in [5.41, 5.74) is 1.86. The second-order valence-electron chi connectivity index (χ2n) is 6.38. The number of carboxylic acids is 1. The van der Waals surface area contributed by atoms with Crippen LogP contribution in [0.4, 0.5) is 11.4 Å². The fourth-order valence-corrected chi connectivity index (χ4v) is 2.81. The summed E-state index contributed by atoms with van der Waals surface area (Å²) >= 11 is 0. The van der Waals surface area contributed by atoms with Gasteiger partial charge >= 0.3 is 5.97 Å². The lowest BCUT2D eigenvalue weighted by molar-refractivity contribution is -0.122. The predicted molar refractivity (Wildman–Crippen MR) is 98.1 cm³/mol. The summed E-state index contributed by atoms with van der Waals surface area (Å²) < 4.78 is 0. The van der Waals surface area contributed by atoms with E-state index in [1.165, 1.54) is 6.07 Å². The lowest BCUT2D eigenvalue weighted by Crippen LogP contribution is -2.28. The van der Waals surface area contributed by atoms with Crippen molar-refractivity contribution in [3.05, 3.63) is 59.7 Å². The second-order valence-corrected chi connectivity index (χ2v) is 6.38. The van der Waals surface area contributed by atoms with E-state index in [0.29, 0.717) is 16.9 Å². The van der Waals surface area contributed by atoms with Crippen molar-refractivity contribution in [3.63, 3.8) is 0 Å². The molecule has 0 spiro atoms. The van der Waals surface area contributed by atoms with Crippen LogP contribution in [-0.2, 0) is 16.0 Å². The van der Waals surface area contributed by atoms with Crippen LogP contribution in [-0.4, -0.2) is 22.9 Å². The van der Waals surface area contributed by atoms with Gasteiger partial charge in [-0.3, -0.25) is 9.59 Å². The van der Waals surface area contributed by atoms with Crippen LogP contribution in [0, 0.1) is 5.92 Å². The van der Waals surface area contributed by atoms with Gasteiger partial charge in [0.25, 0.3) is 0 Å². The molecular formula is C20H20N2O4. The first-order chi connectivity index (χ1) is 12.5. The Morgan fingerprint density at radius 1 is 0.923 bits per heavy atom. The van der Waals surface area contributed by atoms with Gasteiger partial charge in [-0.05, 0) is 48.7 Å². The van der Waals surface area contributed by atoms with Crippen molar-refractivity contribution in [2.24, 2.45) is 5.92 Å². The number of carbonyl (C=O) groups is 3. The van der Waals surface area contributed by atoms with Gasteiger partial charge < -0.3 is 15.7 Å². The fraction of sp³-hybridized carbons (Fsp3) is 0.250. The van der Waals surface area contributed by atoms with Crippen LogP contribution in [0.5, 0.6) is 0 Å². The maximum absolute atomic E-state index is 12.2. The minimum atomic E-state index is -1.06. The van der Waals surface area contributed by atoms with Crippen molar-refractivity contribution in [1.29, 1.82) is 0 Å². The lowest BCUT2D eigenvalue weighted by atomic mass is 9.85. The number of carbonyl (C=O) groups excluding carboxylic acids is 2. The Hall–Kier alpha value is -3.15. The van der Waals surface area contributed by atoms with E-state index in [9.17, 15) is 14.4 Å². The first-order valence-corrected chi connectivity index (χ1v) is 8.55. The third kappa shape index (κ3) is 4.27. The van der Waals surface area contributed by atoms with Gasteiger partial charge in [0.2, 0.25) is 11.8 Å². The number of hydrogen-bond donors (Lipinski definition) is 3. The van der Waals surface area contributed by atoms with Crippen LogP contribution < -0.4 is 10.6 Å². The highest BCUT2D eigenvalue weighted by Crippen LogP contribution is 2.27. The number of carboxylic acid groups (broad SMARTS) is 1. The van der Waals surface area contributed by atoms with Crippen LogP contribution in [0.15, 0.2) is 48.5 Å². The third-order valence-electron chi connectivity index (χ3n) is 4.51. The average molecular weight is 352 g/mol. The Balaban J connectivity index is 1.58. The van der Waals surface area contributed by atoms with E-state index < -0.39 is 5.97 Å². The molecule has 2 aromatic rings. The number of nitrogens with one attached hydrogen (secondary N) is 2. The molecule has 1 fully saturated rings. The van der Waals surface area contributed by atoms with Crippen LogP contribution >= 0.6 is 0 Å². The summed E-state index contributed by atoms with van der Waals surface area (Å²) in [5.74, 6) is -1.20. The summed E-state index contributed by atoms with van der Waals surface area (Å²) in [7, 11) is 0. The first-order valence-electron chi connectivity index (χ1n) is 8.55. The summed E-state index contributed by atoms with van der Waals surface area (Å²) in [6, 6.07) is 13.3. The van der Waals surface area contributed by atoms with E-state index in [1.54, 1.807) is 42.5 Å². The topological polar surface area (TPSA) is 95.5 Å². The fourth-order valence-electron chi connectivity index (χ4n) is 2.81. The molecule has 3 N–H and O–H groups in total. The number of anilines is 2. The molecule has 2 amide bonds. The van der Waals surface area contributed by atoms with E-state index in [-0.39, 0.29) is 29.7 Å². The van der Waals surface area contributed by atoms with Gasteiger partial charge in [0.15, 0.2) is 0 Å². The molecule has 0 unspecified atom stereocenters. The smallest absolute Gasteiger partial charge is 0.335 e. The van der Waals surface area contributed by atoms with Crippen LogP contribution in [0.25, 0.3) is 0 Å². The minimum Gasteiger partial charge on any atom is -0.478 e. The quantitative estimate of drug-likeness (QED) is 0.743. The number of amides is 2. The molecule has 6 heteroatoms. The molecular weight excluding hydrogens is 332 g/mol. The molecule has 0 atom stereocenters. The SMILES string of the molecule is O=C(Cc1ccccc1C(=O)O)Nc1ccc(NC(=O)C2CCC2)cc1. The monoisotopic (exact) mass is 352 g/mol. The molecule has 1 aliphatic carbocycles. The van der Waals surface area contributed by atoms with Gasteiger partial charge in [0.05, 0.1) is 12.0 Å².